The number of carbonyl (C=O) groups is 1. The molecule has 2 heterocycles. The predicted octanol–water partition coefficient (Wildman–Crippen LogP) is 2.69. The van der Waals surface area contributed by atoms with E-state index in [1.807, 2.05) is 11.4 Å². The highest BCUT2D eigenvalue weighted by atomic mass is 79.9. The molecular formula is C10H12BrNOS. The summed E-state index contributed by atoms with van der Waals surface area (Å²) in [4.78, 5) is 12.9. The molecule has 2 nitrogen and oxygen atoms in total. The van der Waals surface area contributed by atoms with Crippen LogP contribution in [0.5, 0.6) is 0 Å². The molecule has 76 valence electrons. The molecule has 4 heteroatoms. The van der Waals surface area contributed by atoms with Gasteiger partial charge in [-0.2, -0.15) is 0 Å². The van der Waals surface area contributed by atoms with Gasteiger partial charge in [0.1, 0.15) is 0 Å². The molecule has 2 rings (SSSR count). The summed E-state index contributed by atoms with van der Waals surface area (Å²) in [6, 6.07) is 1.93. The number of thiophene rings is 1. The zero-order valence-corrected chi connectivity index (χ0v) is 10.2. The molecule has 1 fully saturated rings. The van der Waals surface area contributed by atoms with Crippen LogP contribution in [0.1, 0.15) is 22.5 Å². The summed E-state index contributed by atoms with van der Waals surface area (Å²) in [6.45, 7) is 1.95. The largest absolute Gasteiger partial charge is 0.317 e. The molecule has 0 radical (unpaired) electrons. The summed E-state index contributed by atoms with van der Waals surface area (Å²) in [7, 11) is 0. The molecule has 0 atom stereocenters. The standard InChI is InChI=1S/C10H12BrNOS/c11-8-5-9(14-6-8)10(13)7-1-3-12-4-2-7/h5-7,12H,1-4H2. The van der Waals surface area contributed by atoms with Gasteiger partial charge in [0.2, 0.25) is 0 Å². The lowest BCUT2D eigenvalue weighted by atomic mass is 9.93. The molecule has 1 aliphatic rings. The second-order valence-electron chi connectivity index (χ2n) is 3.52. The first kappa shape index (κ1) is 10.3. The van der Waals surface area contributed by atoms with Crippen molar-refractivity contribution in [2.75, 3.05) is 13.1 Å². The van der Waals surface area contributed by atoms with Gasteiger partial charge in [0.15, 0.2) is 5.78 Å². The van der Waals surface area contributed by atoms with E-state index in [4.69, 9.17) is 0 Å². The molecule has 0 aromatic carbocycles. The van der Waals surface area contributed by atoms with Crippen LogP contribution in [-0.4, -0.2) is 18.9 Å². The summed E-state index contributed by atoms with van der Waals surface area (Å²) in [5.41, 5.74) is 0. The van der Waals surface area contributed by atoms with Crippen LogP contribution < -0.4 is 5.32 Å². The molecule has 1 aliphatic heterocycles. The van der Waals surface area contributed by atoms with Crippen molar-refractivity contribution in [3.05, 3.63) is 20.8 Å². The van der Waals surface area contributed by atoms with Crippen LogP contribution in [0.15, 0.2) is 15.9 Å². The predicted molar refractivity (Wildman–Crippen MR) is 61.9 cm³/mol. The van der Waals surface area contributed by atoms with Crippen LogP contribution in [-0.2, 0) is 0 Å². The maximum absolute atomic E-state index is 12.0. The SMILES string of the molecule is O=C(c1cc(Br)cs1)C1CCNCC1. The number of piperidine rings is 1. The highest BCUT2D eigenvalue weighted by Gasteiger charge is 2.22. The zero-order valence-electron chi connectivity index (χ0n) is 7.75. The molecule has 1 N–H and O–H groups in total. The minimum atomic E-state index is 0.238. The van der Waals surface area contributed by atoms with E-state index in [-0.39, 0.29) is 5.92 Å². The molecule has 1 saturated heterocycles. The fourth-order valence-corrected chi connectivity index (χ4v) is 3.17. The van der Waals surface area contributed by atoms with Crippen molar-refractivity contribution in [2.24, 2.45) is 5.92 Å². The Morgan fingerprint density at radius 1 is 1.50 bits per heavy atom. The minimum Gasteiger partial charge on any atom is -0.317 e. The van der Waals surface area contributed by atoms with Crippen LogP contribution in [0.2, 0.25) is 0 Å². The van der Waals surface area contributed by atoms with Crippen molar-refractivity contribution in [3.63, 3.8) is 0 Å². The first-order valence-electron chi connectivity index (χ1n) is 4.76. The molecule has 0 unspecified atom stereocenters. The van der Waals surface area contributed by atoms with Gasteiger partial charge in [-0.3, -0.25) is 4.79 Å². The Morgan fingerprint density at radius 3 is 2.79 bits per heavy atom. The zero-order chi connectivity index (χ0) is 9.97. The Bertz CT molecular complexity index is 331. The minimum absolute atomic E-state index is 0.238. The number of hydrogen-bond donors (Lipinski definition) is 1. The number of halogens is 1. The molecule has 1 aromatic heterocycles. The second kappa shape index (κ2) is 4.55. The third kappa shape index (κ3) is 2.24. The fraction of sp³-hybridized carbons (Fsp3) is 0.500. The van der Waals surface area contributed by atoms with Crippen LogP contribution in [0.25, 0.3) is 0 Å². The Labute approximate surface area is 95.8 Å². The van der Waals surface area contributed by atoms with Crippen molar-refractivity contribution in [1.82, 2.24) is 5.32 Å². The average molecular weight is 274 g/mol. The van der Waals surface area contributed by atoms with E-state index in [0.717, 1.165) is 35.3 Å². The lowest BCUT2D eigenvalue weighted by Gasteiger charge is -2.20. The van der Waals surface area contributed by atoms with E-state index < -0.39 is 0 Å². The molecule has 1 aromatic rings. The Morgan fingerprint density at radius 2 is 2.21 bits per heavy atom. The highest BCUT2D eigenvalue weighted by Crippen LogP contribution is 2.25. The van der Waals surface area contributed by atoms with E-state index in [2.05, 4.69) is 21.2 Å². The summed E-state index contributed by atoms with van der Waals surface area (Å²) < 4.78 is 1.01. The van der Waals surface area contributed by atoms with E-state index >= 15 is 0 Å². The topological polar surface area (TPSA) is 29.1 Å². The van der Waals surface area contributed by atoms with Gasteiger partial charge < -0.3 is 5.32 Å². The van der Waals surface area contributed by atoms with E-state index in [1.54, 1.807) is 0 Å². The van der Waals surface area contributed by atoms with E-state index in [0.29, 0.717) is 5.78 Å². The number of hydrogen-bond acceptors (Lipinski definition) is 3. The number of ketones is 1. The molecule has 0 spiro atoms. The van der Waals surface area contributed by atoms with Crippen molar-refractivity contribution in [1.29, 1.82) is 0 Å². The van der Waals surface area contributed by atoms with Crippen molar-refractivity contribution < 1.29 is 4.79 Å². The monoisotopic (exact) mass is 273 g/mol. The lowest BCUT2D eigenvalue weighted by molar-refractivity contribution is 0.0899. The normalized spacial score (nSPS) is 18.4. The average Bonchev–Trinajstić information content (AvgIpc) is 2.65. The summed E-state index contributed by atoms with van der Waals surface area (Å²) in [5, 5.41) is 5.23. The smallest absolute Gasteiger partial charge is 0.175 e. The third-order valence-electron chi connectivity index (χ3n) is 2.52. The number of nitrogens with one attached hydrogen (secondary N) is 1. The van der Waals surface area contributed by atoms with Gasteiger partial charge in [0.25, 0.3) is 0 Å². The van der Waals surface area contributed by atoms with Gasteiger partial charge in [-0.05, 0) is 47.9 Å². The second-order valence-corrected chi connectivity index (χ2v) is 5.34. The first-order chi connectivity index (χ1) is 6.77. The van der Waals surface area contributed by atoms with Crippen molar-refractivity contribution in [3.8, 4) is 0 Å². The van der Waals surface area contributed by atoms with Crippen LogP contribution in [0, 0.1) is 5.92 Å². The van der Waals surface area contributed by atoms with Gasteiger partial charge in [-0.25, -0.2) is 0 Å². The van der Waals surface area contributed by atoms with E-state index in [1.165, 1.54) is 11.3 Å². The van der Waals surface area contributed by atoms with Crippen LogP contribution >= 0.6 is 27.3 Å². The number of Topliss-reactive ketones (excluding diaryl/α,β-unsaturated/α-hetero) is 1. The van der Waals surface area contributed by atoms with Gasteiger partial charge in [0, 0.05) is 15.8 Å². The lowest BCUT2D eigenvalue weighted by Crippen LogP contribution is -2.31. The maximum Gasteiger partial charge on any atom is 0.175 e. The van der Waals surface area contributed by atoms with Gasteiger partial charge in [-0.15, -0.1) is 11.3 Å². The number of carbonyl (C=O) groups excluding carboxylic acids is 1. The summed E-state index contributed by atoms with van der Waals surface area (Å²) in [5.74, 6) is 0.559. The summed E-state index contributed by atoms with van der Waals surface area (Å²) >= 11 is 4.90. The van der Waals surface area contributed by atoms with Crippen molar-refractivity contribution in [2.45, 2.75) is 12.8 Å². The van der Waals surface area contributed by atoms with Gasteiger partial charge in [0.05, 0.1) is 4.88 Å². The molecule has 14 heavy (non-hydrogen) atoms. The Hall–Kier alpha value is -0.190. The first-order valence-corrected chi connectivity index (χ1v) is 6.43. The molecule has 0 amide bonds. The van der Waals surface area contributed by atoms with Crippen molar-refractivity contribution >= 4 is 33.0 Å². The Kier molecular flexibility index (Phi) is 3.36. The fourth-order valence-electron chi connectivity index (χ4n) is 1.73. The summed E-state index contributed by atoms with van der Waals surface area (Å²) in [6.07, 6.45) is 1.96. The maximum atomic E-state index is 12.0. The Balaban J connectivity index is 2.07. The molecule has 0 aliphatic carbocycles. The van der Waals surface area contributed by atoms with E-state index in [9.17, 15) is 4.79 Å². The third-order valence-corrected chi connectivity index (χ3v) is 4.23. The van der Waals surface area contributed by atoms with Crippen LogP contribution in [0.4, 0.5) is 0 Å². The van der Waals surface area contributed by atoms with Gasteiger partial charge in [-0.1, -0.05) is 0 Å². The molecule has 0 saturated carbocycles. The highest BCUT2D eigenvalue weighted by molar-refractivity contribution is 9.10. The quantitative estimate of drug-likeness (QED) is 0.840. The van der Waals surface area contributed by atoms with Crippen LogP contribution in [0.3, 0.4) is 0 Å². The van der Waals surface area contributed by atoms with Gasteiger partial charge >= 0.3 is 0 Å². The molecular weight excluding hydrogens is 262 g/mol. The molecule has 0 bridgehead atoms. The number of rotatable bonds is 2.